The van der Waals surface area contributed by atoms with E-state index in [1.54, 1.807) is 0 Å². The highest BCUT2D eigenvalue weighted by atomic mass is 15.3. The molecule has 1 aromatic heterocycles. The van der Waals surface area contributed by atoms with Crippen molar-refractivity contribution in [1.82, 2.24) is 15.2 Å². The molecule has 1 atom stereocenters. The van der Waals surface area contributed by atoms with Gasteiger partial charge in [0, 0.05) is 0 Å². The third-order valence-electron chi connectivity index (χ3n) is 1.97. The normalized spacial score (nSPS) is 12.6. The van der Waals surface area contributed by atoms with E-state index in [0.717, 1.165) is 5.56 Å². The first-order chi connectivity index (χ1) is 6.77. The zero-order valence-electron chi connectivity index (χ0n) is 7.51. The van der Waals surface area contributed by atoms with Gasteiger partial charge in [0.05, 0.1) is 6.04 Å². The predicted octanol–water partition coefficient (Wildman–Crippen LogP) is 0.435. The van der Waals surface area contributed by atoms with Crippen molar-refractivity contribution < 1.29 is 0 Å². The van der Waals surface area contributed by atoms with Crippen LogP contribution >= 0.6 is 0 Å². The predicted molar refractivity (Wildman–Crippen MR) is 53.3 cm³/mol. The summed E-state index contributed by atoms with van der Waals surface area (Å²) >= 11 is 0. The second-order valence-electron chi connectivity index (χ2n) is 2.97. The summed E-state index contributed by atoms with van der Waals surface area (Å²) in [4.78, 5) is 3.97. The minimum Gasteiger partial charge on any atom is -0.367 e. The van der Waals surface area contributed by atoms with Gasteiger partial charge in [0.2, 0.25) is 5.95 Å². The maximum absolute atomic E-state index is 5.94. The van der Waals surface area contributed by atoms with Crippen molar-refractivity contribution in [3.05, 3.63) is 41.7 Å². The molecule has 0 bridgehead atoms. The van der Waals surface area contributed by atoms with Crippen molar-refractivity contribution in [3.8, 4) is 0 Å². The Kier molecular flexibility index (Phi) is 2.16. The summed E-state index contributed by atoms with van der Waals surface area (Å²) in [7, 11) is 0. The Hall–Kier alpha value is -1.88. The lowest BCUT2D eigenvalue weighted by atomic mass is 10.1. The summed E-state index contributed by atoms with van der Waals surface area (Å²) in [5, 5.41) is 6.42. The zero-order valence-corrected chi connectivity index (χ0v) is 7.51. The quantitative estimate of drug-likeness (QED) is 0.638. The van der Waals surface area contributed by atoms with E-state index in [4.69, 9.17) is 11.5 Å². The average molecular weight is 189 g/mol. The van der Waals surface area contributed by atoms with Crippen LogP contribution in [0.25, 0.3) is 0 Å². The third-order valence-corrected chi connectivity index (χ3v) is 1.97. The van der Waals surface area contributed by atoms with Gasteiger partial charge in [0.15, 0.2) is 0 Å². The lowest BCUT2D eigenvalue weighted by Gasteiger charge is -2.07. The first kappa shape index (κ1) is 8.71. The number of aromatic nitrogens is 3. The number of benzene rings is 1. The van der Waals surface area contributed by atoms with E-state index in [9.17, 15) is 0 Å². The SMILES string of the molecule is Nc1n[nH]c([C@H](N)c2ccccc2)n1. The Labute approximate surface area is 81.2 Å². The number of anilines is 1. The highest BCUT2D eigenvalue weighted by Gasteiger charge is 2.11. The Morgan fingerprint density at radius 1 is 1.21 bits per heavy atom. The Morgan fingerprint density at radius 2 is 1.93 bits per heavy atom. The van der Waals surface area contributed by atoms with Crippen molar-refractivity contribution in [2.75, 3.05) is 5.73 Å². The fourth-order valence-electron chi connectivity index (χ4n) is 1.25. The molecule has 0 aliphatic carbocycles. The fourth-order valence-corrected chi connectivity index (χ4v) is 1.25. The van der Waals surface area contributed by atoms with E-state index in [-0.39, 0.29) is 12.0 Å². The first-order valence-electron chi connectivity index (χ1n) is 4.25. The molecule has 0 unspecified atom stereocenters. The third kappa shape index (κ3) is 1.57. The summed E-state index contributed by atoms with van der Waals surface area (Å²) in [6.07, 6.45) is 0. The van der Waals surface area contributed by atoms with Gasteiger partial charge in [-0.05, 0) is 5.56 Å². The van der Waals surface area contributed by atoms with Crippen molar-refractivity contribution in [2.24, 2.45) is 5.73 Å². The molecule has 14 heavy (non-hydrogen) atoms. The molecule has 2 aromatic rings. The molecule has 5 nitrogen and oxygen atoms in total. The number of nitrogens with two attached hydrogens (primary N) is 2. The van der Waals surface area contributed by atoms with Gasteiger partial charge in [-0.15, -0.1) is 5.10 Å². The van der Waals surface area contributed by atoms with Crippen molar-refractivity contribution >= 4 is 5.95 Å². The molecule has 2 rings (SSSR count). The zero-order chi connectivity index (χ0) is 9.97. The molecule has 0 radical (unpaired) electrons. The molecular weight excluding hydrogens is 178 g/mol. The molecule has 0 saturated carbocycles. The van der Waals surface area contributed by atoms with Gasteiger partial charge in [-0.1, -0.05) is 30.3 Å². The number of hydrogen-bond acceptors (Lipinski definition) is 4. The van der Waals surface area contributed by atoms with Crippen LogP contribution in [0, 0.1) is 0 Å². The highest BCUT2D eigenvalue weighted by molar-refractivity contribution is 5.25. The standard InChI is InChI=1S/C9H11N5/c10-7(6-4-2-1-3-5-6)8-12-9(11)14-13-8/h1-5,7H,10H2,(H3,11,12,13,14)/t7-/m1/s1. The molecule has 0 fully saturated rings. The molecule has 0 aliphatic rings. The van der Waals surface area contributed by atoms with Crippen LogP contribution in [0.1, 0.15) is 17.4 Å². The first-order valence-corrected chi connectivity index (χ1v) is 4.25. The summed E-state index contributed by atoms with van der Waals surface area (Å²) in [6.45, 7) is 0. The van der Waals surface area contributed by atoms with Crippen LogP contribution in [-0.2, 0) is 0 Å². The molecule has 1 heterocycles. The van der Waals surface area contributed by atoms with Crippen molar-refractivity contribution in [2.45, 2.75) is 6.04 Å². The largest absolute Gasteiger partial charge is 0.367 e. The number of H-pyrrole nitrogens is 1. The number of hydrogen-bond donors (Lipinski definition) is 3. The van der Waals surface area contributed by atoms with Gasteiger partial charge in [0.25, 0.3) is 0 Å². The monoisotopic (exact) mass is 189 g/mol. The summed E-state index contributed by atoms with van der Waals surface area (Å²) in [6, 6.07) is 9.35. The summed E-state index contributed by atoms with van der Waals surface area (Å²) < 4.78 is 0. The average Bonchev–Trinajstić information content (AvgIpc) is 2.65. The van der Waals surface area contributed by atoms with Crippen LogP contribution in [-0.4, -0.2) is 15.2 Å². The maximum atomic E-state index is 5.94. The van der Waals surface area contributed by atoms with E-state index in [2.05, 4.69) is 15.2 Å². The van der Waals surface area contributed by atoms with Gasteiger partial charge >= 0.3 is 0 Å². The van der Waals surface area contributed by atoms with Crippen LogP contribution in [0.15, 0.2) is 30.3 Å². The topological polar surface area (TPSA) is 93.6 Å². The highest BCUT2D eigenvalue weighted by Crippen LogP contribution is 2.15. The molecule has 5 heteroatoms. The lowest BCUT2D eigenvalue weighted by Crippen LogP contribution is -2.13. The Balaban J connectivity index is 2.29. The van der Waals surface area contributed by atoms with Crippen LogP contribution < -0.4 is 11.5 Å². The maximum Gasteiger partial charge on any atom is 0.239 e. The van der Waals surface area contributed by atoms with Crippen LogP contribution in [0.3, 0.4) is 0 Å². The summed E-state index contributed by atoms with van der Waals surface area (Å²) in [5.41, 5.74) is 12.3. The van der Waals surface area contributed by atoms with E-state index in [0.29, 0.717) is 5.82 Å². The van der Waals surface area contributed by atoms with E-state index < -0.39 is 0 Å². The molecule has 0 spiro atoms. The molecule has 0 saturated heterocycles. The van der Waals surface area contributed by atoms with Gasteiger partial charge in [0.1, 0.15) is 5.82 Å². The van der Waals surface area contributed by atoms with Crippen molar-refractivity contribution in [3.63, 3.8) is 0 Å². The Morgan fingerprint density at radius 3 is 2.50 bits per heavy atom. The van der Waals surface area contributed by atoms with Crippen LogP contribution in [0.5, 0.6) is 0 Å². The Bertz CT molecular complexity index is 408. The second-order valence-corrected chi connectivity index (χ2v) is 2.97. The summed E-state index contributed by atoms with van der Waals surface area (Å²) in [5.74, 6) is 0.792. The number of aromatic amines is 1. The van der Waals surface area contributed by atoms with Gasteiger partial charge in [-0.2, -0.15) is 4.98 Å². The smallest absolute Gasteiger partial charge is 0.239 e. The number of nitrogens with zero attached hydrogens (tertiary/aromatic N) is 2. The van der Waals surface area contributed by atoms with E-state index in [1.807, 2.05) is 30.3 Å². The minimum atomic E-state index is -0.305. The fraction of sp³-hybridized carbons (Fsp3) is 0.111. The van der Waals surface area contributed by atoms with Gasteiger partial charge in [-0.25, -0.2) is 0 Å². The van der Waals surface area contributed by atoms with Crippen LogP contribution in [0.4, 0.5) is 5.95 Å². The second kappa shape index (κ2) is 3.47. The van der Waals surface area contributed by atoms with Gasteiger partial charge in [-0.3, -0.25) is 5.10 Å². The number of nitrogens with one attached hydrogen (secondary N) is 1. The van der Waals surface area contributed by atoms with E-state index >= 15 is 0 Å². The molecule has 5 N–H and O–H groups in total. The number of rotatable bonds is 2. The lowest BCUT2D eigenvalue weighted by molar-refractivity contribution is 0.787. The molecule has 0 aliphatic heterocycles. The van der Waals surface area contributed by atoms with Gasteiger partial charge < -0.3 is 11.5 Å². The molecule has 0 amide bonds. The van der Waals surface area contributed by atoms with Crippen LogP contribution in [0.2, 0.25) is 0 Å². The molecular formula is C9H11N5. The minimum absolute atomic E-state index is 0.214. The molecule has 1 aromatic carbocycles. The van der Waals surface area contributed by atoms with Crippen molar-refractivity contribution in [1.29, 1.82) is 0 Å². The molecule has 72 valence electrons. The van der Waals surface area contributed by atoms with E-state index in [1.165, 1.54) is 0 Å². The number of nitrogen functional groups attached to an aromatic ring is 1.